The maximum atomic E-state index is 10.4. The van der Waals surface area contributed by atoms with E-state index in [0.29, 0.717) is 18.4 Å². The minimum absolute atomic E-state index is 0.112. The summed E-state index contributed by atoms with van der Waals surface area (Å²) < 4.78 is 5.42. The molecule has 0 heterocycles. The molecule has 0 saturated heterocycles. The van der Waals surface area contributed by atoms with Gasteiger partial charge in [0.25, 0.3) is 0 Å². The van der Waals surface area contributed by atoms with Gasteiger partial charge in [0, 0.05) is 12.1 Å². The SMILES string of the molecule is CCC1CC[C@@H](O)C(C)CCC2c3ccc(OC)cc3CCC12.NCc1ccccc1O. The van der Waals surface area contributed by atoms with Gasteiger partial charge in [-0.2, -0.15) is 0 Å². The summed E-state index contributed by atoms with van der Waals surface area (Å²) in [5.41, 5.74) is 9.13. The largest absolute Gasteiger partial charge is 0.508 e. The maximum absolute atomic E-state index is 10.4. The second-order valence-electron chi connectivity index (χ2n) is 9.57. The van der Waals surface area contributed by atoms with Crippen LogP contribution in [-0.4, -0.2) is 23.4 Å². The molecule has 0 aliphatic heterocycles. The number of hydrogen-bond donors (Lipinski definition) is 3. The summed E-state index contributed by atoms with van der Waals surface area (Å²) in [6.45, 7) is 4.95. The summed E-state index contributed by atoms with van der Waals surface area (Å²) in [6, 6.07) is 13.7. The molecule has 4 rings (SSSR count). The minimum atomic E-state index is -0.112. The van der Waals surface area contributed by atoms with E-state index in [-0.39, 0.29) is 11.9 Å². The second-order valence-corrected chi connectivity index (χ2v) is 9.57. The van der Waals surface area contributed by atoms with Crippen molar-refractivity contribution in [2.75, 3.05) is 7.11 Å². The molecule has 2 aliphatic carbocycles. The molecule has 176 valence electrons. The normalized spacial score (nSPS) is 27.5. The van der Waals surface area contributed by atoms with E-state index in [1.807, 2.05) is 6.07 Å². The van der Waals surface area contributed by atoms with Gasteiger partial charge in [0.05, 0.1) is 13.2 Å². The van der Waals surface area contributed by atoms with Crippen molar-refractivity contribution < 1.29 is 14.9 Å². The summed E-state index contributed by atoms with van der Waals surface area (Å²) in [6.07, 6.45) is 8.15. The highest BCUT2D eigenvalue weighted by Crippen LogP contribution is 2.47. The molecular weight excluding hydrogens is 398 g/mol. The lowest BCUT2D eigenvalue weighted by molar-refractivity contribution is 0.0966. The third-order valence-corrected chi connectivity index (χ3v) is 7.78. The molecule has 32 heavy (non-hydrogen) atoms. The number of hydrogen-bond acceptors (Lipinski definition) is 4. The highest BCUT2D eigenvalue weighted by molar-refractivity contribution is 5.40. The Balaban J connectivity index is 0.000000269. The lowest BCUT2D eigenvalue weighted by atomic mass is 9.66. The van der Waals surface area contributed by atoms with Crippen LogP contribution in [0.2, 0.25) is 0 Å². The predicted molar refractivity (Wildman–Crippen MR) is 131 cm³/mol. The molecule has 2 aliphatic rings. The Morgan fingerprint density at radius 3 is 2.47 bits per heavy atom. The fraction of sp³-hybridized carbons (Fsp3) is 0.571. The van der Waals surface area contributed by atoms with E-state index in [1.165, 1.54) is 37.7 Å². The molecule has 0 spiro atoms. The molecule has 5 atom stereocenters. The van der Waals surface area contributed by atoms with Gasteiger partial charge in [0.1, 0.15) is 11.5 Å². The quantitative estimate of drug-likeness (QED) is 0.566. The number of fused-ring (bicyclic) bond motifs is 3. The molecule has 4 heteroatoms. The molecule has 0 radical (unpaired) electrons. The zero-order valence-electron chi connectivity index (χ0n) is 20.0. The number of aliphatic hydroxyl groups is 1. The van der Waals surface area contributed by atoms with E-state index in [9.17, 15) is 5.11 Å². The van der Waals surface area contributed by atoms with Gasteiger partial charge in [-0.15, -0.1) is 0 Å². The Morgan fingerprint density at radius 1 is 1.03 bits per heavy atom. The fourth-order valence-corrected chi connectivity index (χ4v) is 5.68. The van der Waals surface area contributed by atoms with Crippen LogP contribution in [0.4, 0.5) is 0 Å². The van der Waals surface area contributed by atoms with Crippen molar-refractivity contribution >= 4 is 0 Å². The van der Waals surface area contributed by atoms with Crippen molar-refractivity contribution in [2.45, 2.75) is 77.4 Å². The van der Waals surface area contributed by atoms with Crippen LogP contribution >= 0.6 is 0 Å². The molecule has 4 N–H and O–H groups in total. The number of ether oxygens (including phenoxy) is 1. The van der Waals surface area contributed by atoms with Gasteiger partial charge in [-0.25, -0.2) is 0 Å². The molecule has 4 unspecified atom stereocenters. The van der Waals surface area contributed by atoms with Crippen LogP contribution in [0.3, 0.4) is 0 Å². The summed E-state index contributed by atoms with van der Waals surface area (Å²) in [4.78, 5) is 0. The Morgan fingerprint density at radius 2 is 1.81 bits per heavy atom. The molecule has 4 nitrogen and oxygen atoms in total. The number of aliphatic hydroxyl groups excluding tert-OH is 1. The third kappa shape index (κ3) is 5.85. The van der Waals surface area contributed by atoms with Gasteiger partial charge < -0.3 is 20.7 Å². The van der Waals surface area contributed by atoms with E-state index in [2.05, 4.69) is 32.0 Å². The predicted octanol–water partition coefficient (Wildman–Crippen LogP) is 5.79. The molecular formula is C28H41NO3. The fourth-order valence-electron chi connectivity index (χ4n) is 5.68. The average molecular weight is 440 g/mol. The maximum Gasteiger partial charge on any atom is 0.120 e. The second kappa shape index (κ2) is 11.7. The van der Waals surface area contributed by atoms with Crippen molar-refractivity contribution in [3.63, 3.8) is 0 Å². The molecule has 0 amide bonds. The van der Waals surface area contributed by atoms with Crippen LogP contribution in [0.15, 0.2) is 42.5 Å². The lowest BCUT2D eigenvalue weighted by Crippen LogP contribution is -2.27. The number of aromatic hydroxyl groups is 1. The van der Waals surface area contributed by atoms with Gasteiger partial charge in [-0.1, -0.05) is 44.5 Å². The number of para-hydroxylation sites is 1. The number of phenols is 1. The third-order valence-electron chi connectivity index (χ3n) is 7.78. The van der Waals surface area contributed by atoms with Crippen LogP contribution < -0.4 is 10.5 Å². The zero-order valence-corrected chi connectivity index (χ0v) is 20.0. The number of nitrogens with two attached hydrogens (primary N) is 1. The molecule has 2 aromatic rings. The summed E-state index contributed by atoms with van der Waals surface area (Å²) in [7, 11) is 1.75. The van der Waals surface area contributed by atoms with E-state index in [0.717, 1.165) is 36.0 Å². The number of methoxy groups -OCH3 is 1. The first-order chi connectivity index (χ1) is 15.5. The lowest BCUT2D eigenvalue weighted by Gasteiger charge is -2.38. The van der Waals surface area contributed by atoms with E-state index >= 15 is 0 Å². The van der Waals surface area contributed by atoms with E-state index in [4.69, 9.17) is 15.6 Å². The van der Waals surface area contributed by atoms with Crippen molar-refractivity contribution in [1.82, 2.24) is 0 Å². The van der Waals surface area contributed by atoms with Crippen LogP contribution in [0.1, 0.15) is 75.0 Å². The van der Waals surface area contributed by atoms with Crippen LogP contribution in [0.5, 0.6) is 11.5 Å². The van der Waals surface area contributed by atoms with Crippen LogP contribution in [0.25, 0.3) is 0 Å². The monoisotopic (exact) mass is 439 g/mol. The highest BCUT2D eigenvalue weighted by atomic mass is 16.5. The van der Waals surface area contributed by atoms with Crippen molar-refractivity contribution in [1.29, 1.82) is 0 Å². The summed E-state index contributed by atoms with van der Waals surface area (Å²) >= 11 is 0. The molecule has 0 aromatic heterocycles. The number of rotatable bonds is 3. The van der Waals surface area contributed by atoms with Gasteiger partial charge >= 0.3 is 0 Å². The standard InChI is InChI=1S/C21H32O2.C7H9NO/c1-4-15-7-12-21(22)14(2)5-9-20-18(15)10-6-16-13-17(23-3)8-11-19(16)20;8-5-6-3-1-2-4-7(6)9/h8,11,13-15,18,20-22H,4-7,9-10,12H2,1-3H3;1-4,9H,5,8H2/t14?,15?,18?,20?,21-;/m1./s1. The van der Waals surface area contributed by atoms with Gasteiger partial charge in [-0.3, -0.25) is 0 Å². The molecule has 1 fully saturated rings. The number of phenolic OH excluding ortho intramolecular Hbond substituents is 1. The zero-order chi connectivity index (χ0) is 23.1. The Labute approximate surface area is 193 Å². The van der Waals surface area contributed by atoms with Crippen LogP contribution in [-0.2, 0) is 13.0 Å². The molecule has 0 bridgehead atoms. The van der Waals surface area contributed by atoms with Gasteiger partial charge in [0.2, 0.25) is 0 Å². The van der Waals surface area contributed by atoms with E-state index in [1.54, 1.807) is 30.9 Å². The van der Waals surface area contributed by atoms with Crippen molar-refractivity contribution in [2.24, 2.45) is 23.5 Å². The summed E-state index contributed by atoms with van der Waals surface area (Å²) in [5, 5.41) is 19.4. The Bertz CT molecular complexity index is 852. The topological polar surface area (TPSA) is 75.7 Å². The first kappa shape index (κ1) is 24.6. The molecule has 1 saturated carbocycles. The molecule has 2 aromatic carbocycles. The number of benzene rings is 2. The van der Waals surface area contributed by atoms with Crippen molar-refractivity contribution in [3.8, 4) is 11.5 Å². The summed E-state index contributed by atoms with van der Waals surface area (Å²) in [5.74, 6) is 3.91. The first-order valence-electron chi connectivity index (χ1n) is 12.3. The Hall–Kier alpha value is -2.04. The minimum Gasteiger partial charge on any atom is -0.508 e. The van der Waals surface area contributed by atoms with E-state index < -0.39 is 0 Å². The number of aryl methyl sites for hydroxylation is 1. The highest BCUT2D eigenvalue weighted by Gasteiger charge is 2.36. The Kier molecular flexibility index (Phi) is 9.01. The van der Waals surface area contributed by atoms with Gasteiger partial charge in [-0.05, 0) is 91.5 Å². The van der Waals surface area contributed by atoms with Gasteiger partial charge in [0.15, 0.2) is 0 Å². The average Bonchev–Trinajstić information content (AvgIpc) is 2.88. The first-order valence-corrected chi connectivity index (χ1v) is 12.3. The van der Waals surface area contributed by atoms with Crippen molar-refractivity contribution in [3.05, 3.63) is 59.2 Å². The smallest absolute Gasteiger partial charge is 0.120 e. The van der Waals surface area contributed by atoms with Crippen LogP contribution in [0, 0.1) is 17.8 Å².